The van der Waals surface area contributed by atoms with Crippen LogP contribution in [0.25, 0.3) is 0 Å². The van der Waals surface area contributed by atoms with Gasteiger partial charge >= 0.3 is 0 Å². The Kier molecular flexibility index (Phi) is 6.04. The minimum atomic E-state index is -0.0844. The highest BCUT2D eigenvalue weighted by molar-refractivity contribution is 5.50. The normalized spacial score (nSPS) is 20.6. The van der Waals surface area contributed by atoms with Gasteiger partial charge in [-0.25, -0.2) is 4.39 Å². The maximum atomic E-state index is 14.5. The molecule has 0 radical (unpaired) electrons. The Hall–Kier alpha value is -1.09. The monoisotopic (exact) mass is 292 g/mol. The van der Waals surface area contributed by atoms with Crippen molar-refractivity contribution in [1.29, 1.82) is 0 Å². The molecule has 0 bridgehead atoms. The third-order valence-electron chi connectivity index (χ3n) is 4.59. The first-order valence-corrected chi connectivity index (χ1v) is 8.46. The minimum Gasteiger partial charge on any atom is -0.366 e. The number of rotatable bonds is 6. The molecule has 2 atom stereocenters. The molecule has 3 heteroatoms. The lowest BCUT2D eigenvalue weighted by atomic mass is 9.96. The average molecular weight is 292 g/mol. The predicted octanol–water partition coefficient (Wildman–Crippen LogP) is 4.26. The molecule has 0 aromatic heterocycles. The molecule has 0 spiro atoms. The first kappa shape index (κ1) is 16.3. The zero-order valence-corrected chi connectivity index (χ0v) is 13.4. The van der Waals surface area contributed by atoms with E-state index in [-0.39, 0.29) is 11.9 Å². The fraction of sp³-hybridized carbons (Fsp3) is 0.667. The highest BCUT2D eigenvalue weighted by atomic mass is 19.1. The summed E-state index contributed by atoms with van der Waals surface area (Å²) in [5.41, 5.74) is 7.75. The van der Waals surface area contributed by atoms with E-state index in [9.17, 15) is 4.39 Å². The predicted molar refractivity (Wildman–Crippen MR) is 88.3 cm³/mol. The third-order valence-corrected chi connectivity index (χ3v) is 4.59. The van der Waals surface area contributed by atoms with E-state index >= 15 is 0 Å². The Bertz CT molecular complexity index is 445. The van der Waals surface area contributed by atoms with Gasteiger partial charge in [0.2, 0.25) is 0 Å². The van der Waals surface area contributed by atoms with Gasteiger partial charge in [0.1, 0.15) is 5.82 Å². The van der Waals surface area contributed by atoms with E-state index in [0.717, 1.165) is 43.5 Å². The van der Waals surface area contributed by atoms with E-state index in [1.165, 1.54) is 19.3 Å². The maximum absolute atomic E-state index is 14.5. The van der Waals surface area contributed by atoms with Crippen LogP contribution in [0.4, 0.5) is 10.1 Å². The molecule has 0 aliphatic carbocycles. The van der Waals surface area contributed by atoms with Crippen LogP contribution in [0.1, 0.15) is 57.9 Å². The van der Waals surface area contributed by atoms with Gasteiger partial charge in [-0.1, -0.05) is 26.3 Å². The lowest BCUT2D eigenvalue weighted by molar-refractivity contribution is 0.429. The van der Waals surface area contributed by atoms with Gasteiger partial charge in [-0.05, 0) is 56.2 Å². The number of benzene rings is 1. The fourth-order valence-corrected chi connectivity index (χ4v) is 3.31. The van der Waals surface area contributed by atoms with Gasteiger partial charge in [0.15, 0.2) is 0 Å². The van der Waals surface area contributed by atoms with Crippen molar-refractivity contribution in [3.8, 4) is 0 Å². The van der Waals surface area contributed by atoms with Crippen molar-refractivity contribution in [2.24, 2.45) is 5.73 Å². The van der Waals surface area contributed by atoms with Crippen molar-refractivity contribution in [3.05, 3.63) is 29.6 Å². The molecule has 1 fully saturated rings. The first-order chi connectivity index (χ1) is 10.2. The first-order valence-electron chi connectivity index (χ1n) is 8.46. The van der Waals surface area contributed by atoms with Crippen molar-refractivity contribution >= 4 is 5.69 Å². The van der Waals surface area contributed by atoms with Crippen LogP contribution >= 0.6 is 0 Å². The van der Waals surface area contributed by atoms with Crippen LogP contribution in [-0.2, 0) is 6.42 Å². The Labute approximate surface area is 128 Å². The largest absolute Gasteiger partial charge is 0.366 e. The number of hydrogen-bond acceptors (Lipinski definition) is 2. The summed E-state index contributed by atoms with van der Waals surface area (Å²) in [5, 5.41) is 0. The molecular weight excluding hydrogens is 263 g/mol. The second-order valence-electron chi connectivity index (χ2n) is 6.29. The molecule has 1 aromatic carbocycles. The molecule has 21 heavy (non-hydrogen) atoms. The average Bonchev–Trinajstić information content (AvgIpc) is 2.48. The molecule has 2 unspecified atom stereocenters. The van der Waals surface area contributed by atoms with Crippen molar-refractivity contribution in [2.75, 3.05) is 11.4 Å². The maximum Gasteiger partial charge on any atom is 0.146 e. The molecule has 1 aromatic rings. The van der Waals surface area contributed by atoms with Crippen LogP contribution in [0.3, 0.4) is 0 Å². The number of nitrogens with two attached hydrogens (primary N) is 1. The summed E-state index contributed by atoms with van der Waals surface area (Å²) < 4.78 is 14.5. The van der Waals surface area contributed by atoms with Crippen LogP contribution in [0.5, 0.6) is 0 Å². The van der Waals surface area contributed by atoms with Gasteiger partial charge < -0.3 is 10.6 Å². The topological polar surface area (TPSA) is 29.3 Å². The van der Waals surface area contributed by atoms with Crippen LogP contribution in [-0.4, -0.2) is 18.6 Å². The summed E-state index contributed by atoms with van der Waals surface area (Å²) in [7, 11) is 0. The molecule has 1 saturated heterocycles. The molecule has 2 N–H and O–H groups in total. The number of piperidine rings is 1. The Morgan fingerprint density at radius 2 is 2.14 bits per heavy atom. The van der Waals surface area contributed by atoms with Gasteiger partial charge in [-0.3, -0.25) is 0 Å². The lowest BCUT2D eigenvalue weighted by Crippen LogP contribution is -2.40. The highest BCUT2D eigenvalue weighted by Crippen LogP contribution is 2.30. The summed E-state index contributed by atoms with van der Waals surface area (Å²) in [6.07, 6.45) is 7.62. The van der Waals surface area contributed by atoms with Crippen molar-refractivity contribution in [2.45, 2.75) is 70.9 Å². The Morgan fingerprint density at radius 1 is 1.33 bits per heavy atom. The quantitative estimate of drug-likeness (QED) is 0.848. The van der Waals surface area contributed by atoms with Crippen molar-refractivity contribution < 1.29 is 4.39 Å². The Morgan fingerprint density at radius 3 is 2.81 bits per heavy atom. The van der Waals surface area contributed by atoms with E-state index < -0.39 is 0 Å². The number of nitrogens with zero attached hydrogens (tertiary/aromatic N) is 1. The molecule has 1 heterocycles. The standard InChI is InChI=1S/C18H29FN2/c1-3-7-16-8-5-6-11-21(16)18-10-9-14(13-17(18)19)12-15(20)4-2/h9-10,13,15-16H,3-8,11-12,20H2,1-2H3. The van der Waals surface area contributed by atoms with Gasteiger partial charge in [-0.2, -0.15) is 0 Å². The van der Waals surface area contributed by atoms with Gasteiger partial charge in [0.05, 0.1) is 5.69 Å². The van der Waals surface area contributed by atoms with Crippen LogP contribution in [0.2, 0.25) is 0 Å². The number of halogens is 1. The molecule has 2 nitrogen and oxygen atoms in total. The van der Waals surface area contributed by atoms with Gasteiger partial charge in [0, 0.05) is 18.6 Å². The second-order valence-corrected chi connectivity index (χ2v) is 6.29. The molecule has 0 saturated carbocycles. The molecule has 1 aliphatic rings. The molecular formula is C18H29FN2. The van der Waals surface area contributed by atoms with Crippen LogP contribution in [0, 0.1) is 5.82 Å². The minimum absolute atomic E-state index is 0.0844. The van der Waals surface area contributed by atoms with E-state index in [4.69, 9.17) is 5.73 Å². The van der Waals surface area contributed by atoms with Gasteiger partial charge in [-0.15, -0.1) is 0 Å². The zero-order chi connectivity index (χ0) is 15.2. The summed E-state index contributed by atoms with van der Waals surface area (Å²) in [5.74, 6) is -0.0844. The number of anilines is 1. The van der Waals surface area contributed by atoms with Gasteiger partial charge in [0.25, 0.3) is 0 Å². The summed E-state index contributed by atoms with van der Waals surface area (Å²) in [6, 6.07) is 6.31. The summed E-state index contributed by atoms with van der Waals surface area (Å²) in [6.45, 7) is 5.26. The number of hydrogen-bond donors (Lipinski definition) is 1. The second kappa shape index (κ2) is 7.79. The summed E-state index contributed by atoms with van der Waals surface area (Å²) >= 11 is 0. The lowest BCUT2D eigenvalue weighted by Gasteiger charge is -2.38. The SMILES string of the molecule is CCCC1CCCCN1c1ccc(CC(N)CC)cc1F. The highest BCUT2D eigenvalue weighted by Gasteiger charge is 2.24. The van der Waals surface area contributed by atoms with Crippen molar-refractivity contribution in [3.63, 3.8) is 0 Å². The summed E-state index contributed by atoms with van der Waals surface area (Å²) in [4.78, 5) is 2.28. The molecule has 118 valence electrons. The van der Waals surface area contributed by atoms with Crippen molar-refractivity contribution in [1.82, 2.24) is 0 Å². The van der Waals surface area contributed by atoms with E-state index in [2.05, 4.69) is 18.7 Å². The van der Waals surface area contributed by atoms with Crippen LogP contribution in [0.15, 0.2) is 18.2 Å². The van der Waals surface area contributed by atoms with E-state index in [1.807, 2.05) is 12.1 Å². The van der Waals surface area contributed by atoms with Crippen LogP contribution < -0.4 is 10.6 Å². The smallest absolute Gasteiger partial charge is 0.146 e. The van der Waals surface area contributed by atoms with E-state index in [1.54, 1.807) is 6.07 Å². The zero-order valence-electron chi connectivity index (χ0n) is 13.4. The Balaban J connectivity index is 2.15. The molecule has 1 aliphatic heterocycles. The van der Waals surface area contributed by atoms with E-state index in [0.29, 0.717) is 6.04 Å². The third kappa shape index (κ3) is 4.19. The fourth-order valence-electron chi connectivity index (χ4n) is 3.31. The molecule has 2 rings (SSSR count). The molecule has 0 amide bonds.